The van der Waals surface area contributed by atoms with E-state index >= 15 is 0 Å². The normalized spacial score (nSPS) is 45.1. The number of hydrogen-bond donors (Lipinski definition) is 0. The number of ether oxygens (including phenoxy) is 2. The Labute approximate surface area is 135 Å². The largest absolute Gasteiger partial charge is 0.493 e. The fourth-order valence-electron chi connectivity index (χ4n) is 7.09. The topological polar surface area (TPSA) is 38.8 Å². The van der Waals surface area contributed by atoms with Crippen LogP contribution in [0.2, 0.25) is 0 Å². The number of rotatable bonds is 1. The first-order valence-corrected chi connectivity index (χ1v) is 8.71. The summed E-state index contributed by atoms with van der Waals surface area (Å²) in [5.74, 6) is 2.55. The van der Waals surface area contributed by atoms with Gasteiger partial charge in [-0.05, 0) is 49.3 Å². The summed E-state index contributed by atoms with van der Waals surface area (Å²) in [5, 5.41) is 0. The van der Waals surface area contributed by atoms with Crippen molar-refractivity contribution >= 4 is 5.78 Å². The Morgan fingerprint density at radius 3 is 3.09 bits per heavy atom. The van der Waals surface area contributed by atoms with Gasteiger partial charge in [0.05, 0.1) is 7.11 Å². The van der Waals surface area contributed by atoms with Crippen molar-refractivity contribution in [3.05, 3.63) is 23.3 Å². The molecule has 4 heteroatoms. The van der Waals surface area contributed by atoms with Crippen molar-refractivity contribution in [1.29, 1.82) is 0 Å². The van der Waals surface area contributed by atoms with E-state index in [0.29, 0.717) is 29.6 Å². The smallest absolute Gasteiger partial charge is 0.174 e. The highest BCUT2D eigenvalue weighted by Crippen LogP contribution is 2.76. The van der Waals surface area contributed by atoms with Gasteiger partial charge in [0.15, 0.2) is 23.4 Å². The van der Waals surface area contributed by atoms with E-state index in [1.165, 1.54) is 11.1 Å². The maximum absolute atomic E-state index is 12.9. The fraction of sp³-hybridized carbons (Fsp3) is 0.632. The quantitative estimate of drug-likeness (QED) is 0.794. The monoisotopic (exact) mass is 311 g/mol. The molecule has 2 bridgehead atoms. The number of methoxy groups -OCH3 is 1. The predicted molar refractivity (Wildman–Crippen MR) is 84.0 cm³/mol. The highest BCUT2D eigenvalue weighted by Gasteiger charge is 2.79. The number of ketones is 1. The number of hydrogen-bond acceptors (Lipinski definition) is 4. The van der Waals surface area contributed by atoms with Crippen LogP contribution in [0.15, 0.2) is 12.1 Å². The number of likely N-dealkylation sites (N-methyl/N-ethyl adjacent to an activating group) is 1. The van der Waals surface area contributed by atoms with Crippen molar-refractivity contribution in [3.8, 4) is 11.5 Å². The number of Topliss-reactive ketones (excluding diaryl/α,β-unsaturated/α-hetero) is 1. The highest BCUT2D eigenvalue weighted by atomic mass is 16.5. The summed E-state index contributed by atoms with van der Waals surface area (Å²) >= 11 is 0. The zero-order valence-electron chi connectivity index (χ0n) is 13.6. The van der Waals surface area contributed by atoms with Crippen molar-refractivity contribution in [2.24, 2.45) is 11.3 Å². The van der Waals surface area contributed by atoms with Gasteiger partial charge in [0.25, 0.3) is 0 Å². The van der Waals surface area contributed by atoms with Gasteiger partial charge in [0, 0.05) is 30.0 Å². The summed E-state index contributed by atoms with van der Waals surface area (Å²) in [6, 6.07) is 4.78. The van der Waals surface area contributed by atoms with E-state index in [1.807, 2.05) is 6.07 Å². The molecule has 1 saturated heterocycles. The molecule has 0 radical (unpaired) electrons. The summed E-state index contributed by atoms with van der Waals surface area (Å²) in [6.07, 6.45) is 3.65. The van der Waals surface area contributed by atoms with Crippen molar-refractivity contribution < 1.29 is 14.3 Å². The number of carbonyl (C=O) groups excluding carboxylic acids is 1. The number of carbonyl (C=O) groups is 1. The SMILES string of the molecule is COc1ccc2c3c1OC1C(=O)CCC45CN(C)[C@H](C2)C4[C@@]31C5. The van der Waals surface area contributed by atoms with Gasteiger partial charge >= 0.3 is 0 Å². The molecular weight excluding hydrogens is 290 g/mol. The molecular formula is C19H21NO3. The molecule has 4 aliphatic carbocycles. The number of benzene rings is 1. The Morgan fingerprint density at radius 1 is 1.39 bits per heavy atom. The molecule has 5 atom stereocenters. The van der Waals surface area contributed by atoms with Gasteiger partial charge in [-0.2, -0.15) is 0 Å². The van der Waals surface area contributed by atoms with Crippen LogP contribution in [0.5, 0.6) is 11.5 Å². The number of likely N-dealkylation sites (tertiary alicyclic amines) is 1. The van der Waals surface area contributed by atoms with Crippen LogP contribution in [0.25, 0.3) is 0 Å². The molecule has 120 valence electrons. The molecule has 3 saturated carbocycles. The molecule has 2 spiro atoms. The second kappa shape index (κ2) is 3.59. The maximum Gasteiger partial charge on any atom is 0.174 e. The molecule has 4 nitrogen and oxygen atoms in total. The Kier molecular flexibility index (Phi) is 2.00. The van der Waals surface area contributed by atoms with Gasteiger partial charge in [0.1, 0.15) is 0 Å². The van der Waals surface area contributed by atoms with Crippen molar-refractivity contribution in [2.75, 3.05) is 20.7 Å². The van der Waals surface area contributed by atoms with Gasteiger partial charge in [0.2, 0.25) is 0 Å². The zero-order chi connectivity index (χ0) is 15.6. The average Bonchev–Trinajstić information content (AvgIpc) is 2.93. The second-order valence-corrected chi connectivity index (χ2v) is 8.34. The first-order valence-electron chi connectivity index (χ1n) is 8.71. The third-order valence-corrected chi connectivity index (χ3v) is 7.56. The van der Waals surface area contributed by atoms with Crippen molar-refractivity contribution in [1.82, 2.24) is 4.90 Å². The predicted octanol–water partition coefficient (Wildman–Crippen LogP) is 1.93. The van der Waals surface area contributed by atoms with Crippen LogP contribution in [0, 0.1) is 11.3 Å². The minimum absolute atomic E-state index is 0.0690. The molecule has 0 amide bonds. The average molecular weight is 311 g/mol. The minimum atomic E-state index is -0.275. The molecule has 3 unspecified atom stereocenters. The molecule has 2 aliphatic heterocycles. The van der Waals surface area contributed by atoms with Gasteiger partial charge in [-0.15, -0.1) is 0 Å². The molecule has 6 aliphatic rings. The Balaban J connectivity index is 1.68. The third kappa shape index (κ3) is 1.13. The number of fused-ring (bicyclic) bond motifs is 2. The van der Waals surface area contributed by atoms with Crippen LogP contribution in [-0.2, 0) is 16.6 Å². The number of nitrogens with zero attached hydrogens (tertiary/aromatic N) is 1. The lowest BCUT2D eigenvalue weighted by Gasteiger charge is -2.61. The first kappa shape index (κ1) is 12.8. The maximum atomic E-state index is 12.9. The van der Waals surface area contributed by atoms with Gasteiger partial charge in [-0.25, -0.2) is 0 Å². The lowest BCUT2D eigenvalue weighted by molar-refractivity contribution is -0.133. The van der Waals surface area contributed by atoms with Crippen LogP contribution in [0.1, 0.15) is 30.4 Å². The van der Waals surface area contributed by atoms with Crippen molar-refractivity contribution in [2.45, 2.75) is 43.2 Å². The summed E-state index contributed by atoms with van der Waals surface area (Å²) < 4.78 is 11.9. The van der Waals surface area contributed by atoms with E-state index in [2.05, 4.69) is 18.0 Å². The molecule has 0 N–H and O–H groups in total. The fourth-order valence-corrected chi connectivity index (χ4v) is 7.09. The molecule has 1 aromatic rings. The van der Waals surface area contributed by atoms with E-state index in [-0.39, 0.29) is 11.5 Å². The Bertz CT molecular complexity index is 774. The standard InChI is InChI=1S/C19H21NO3/c1-20-9-18-6-5-12(21)17-19(8-18)14-10(7-11(20)16(18)19)3-4-13(22-2)15(14)23-17/h3-4,11,16-17H,5-9H2,1-2H3/t11-,16?,17?,18?,19-/m1/s1. The van der Waals surface area contributed by atoms with Crippen LogP contribution in [0.3, 0.4) is 0 Å². The molecule has 0 aromatic heterocycles. The summed E-state index contributed by atoms with van der Waals surface area (Å²) in [4.78, 5) is 15.4. The highest BCUT2D eigenvalue weighted by molar-refractivity contribution is 5.89. The van der Waals surface area contributed by atoms with Gasteiger partial charge in [-0.3, -0.25) is 4.79 Å². The lowest BCUT2D eigenvalue weighted by atomic mass is 9.40. The van der Waals surface area contributed by atoms with Crippen molar-refractivity contribution in [3.63, 3.8) is 0 Å². The second-order valence-electron chi connectivity index (χ2n) is 8.34. The van der Waals surface area contributed by atoms with Gasteiger partial charge in [-0.1, -0.05) is 6.07 Å². The van der Waals surface area contributed by atoms with Crippen LogP contribution in [0.4, 0.5) is 0 Å². The lowest BCUT2D eigenvalue weighted by Crippen LogP contribution is -2.66. The molecule has 2 heterocycles. The first-order chi connectivity index (χ1) is 11.1. The summed E-state index contributed by atoms with van der Waals surface area (Å²) in [5.41, 5.74) is 2.97. The van der Waals surface area contributed by atoms with Crippen LogP contribution >= 0.6 is 0 Å². The van der Waals surface area contributed by atoms with E-state index in [1.54, 1.807) is 7.11 Å². The third-order valence-electron chi connectivity index (χ3n) is 7.56. The zero-order valence-corrected chi connectivity index (χ0v) is 13.6. The summed E-state index contributed by atoms with van der Waals surface area (Å²) in [6.45, 7) is 1.14. The van der Waals surface area contributed by atoms with E-state index < -0.39 is 0 Å². The summed E-state index contributed by atoms with van der Waals surface area (Å²) in [7, 11) is 3.96. The molecule has 23 heavy (non-hydrogen) atoms. The molecule has 4 fully saturated rings. The van der Waals surface area contributed by atoms with Gasteiger partial charge < -0.3 is 14.4 Å². The Hall–Kier alpha value is -1.55. The molecule has 1 aromatic carbocycles. The molecule has 7 rings (SSSR count). The van der Waals surface area contributed by atoms with E-state index in [0.717, 1.165) is 37.3 Å². The Morgan fingerprint density at radius 2 is 2.26 bits per heavy atom. The van der Waals surface area contributed by atoms with E-state index in [4.69, 9.17) is 9.47 Å². The van der Waals surface area contributed by atoms with Crippen LogP contribution < -0.4 is 9.47 Å². The van der Waals surface area contributed by atoms with Crippen LogP contribution in [-0.4, -0.2) is 43.5 Å². The minimum Gasteiger partial charge on any atom is -0.493 e. The van der Waals surface area contributed by atoms with E-state index in [9.17, 15) is 4.79 Å².